The Hall–Kier alpha value is -6.47. The summed E-state index contributed by atoms with van der Waals surface area (Å²) in [5, 5.41) is 45.4. The predicted molar refractivity (Wildman–Crippen MR) is 300 cm³/mol. The SMILES string of the molecule is CCC(Cc1ccc(NC(=O)NCC(=O)C23C=C/C=C(/C)C(=O)N=c4c(O)c5c(O)c(C)c6c(c5c5c4=NC4(CCN(CC(C)C)CC4)N5)C(=O)C(C)(OC=CC(OC)C(C)C(C)C(C)C(O)C(C)C(O2)C3C)O6)cc1)C(C)=O. The van der Waals surface area contributed by atoms with Gasteiger partial charge in [-0.15, -0.1) is 0 Å². The maximum Gasteiger partial charge on any atom is 0.319 e. The van der Waals surface area contributed by atoms with Crippen LogP contribution in [0.4, 0.5) is 16.2 Å². The molecule has 11 rings (SSSR count). The van der Waals surface area contributed by atoms with E-state index in [9.17, 15) is 39.3 Å². The molecule has 8 heterocycles. The first-order valence-corrected chi connectivity index (χ1v) is 27.9. The fourth-order valence-corrected chi connectivity index (χ4v) is 12.3. The molecule has 0 aliphatic carbocycles. The number of phenolic OH excluding ortho intramolecular Hbond substituents is 2. The summed E-state index contributed by atoms with van der Waals surface area (Å²) in [7, 11) is 1.56. The lowest BCUT2D eigenvalue weighted by molar-refractivity contribution is -0.248. The lowest BCUT2D eigenvalue weighted by Crippen LogP contribution is -2.67. The molecule has 8 aliphatic rings. The Bertz CT molecular complexity index is 3130. The first kappa shape index (κ1) is 58.7. The number of benzene rings is 3. The third-order valence-corrected chi connectivity index (χ3v) is 17.7. The van der Waals surface area contributed by atoms with Gasteiger partial charge in [0.2, 0.25) is 0 Å². The summed E-state index contributed by atoms with van der Waals surface area (Å²) in [5.74, 6) is -5.82. The number of nitrogens with zero attached hydrogens (tertiary/aromatic N) is 3. The highest BCUT2D eigenvalue weighted by Gasteiger charge is 2.59. The Kier molecular flexibility index (Phi) is 17.0. The van der Waals surface area contributed by atoms with E-state index in [2.05, 4.69) is 39.7 Å². The van der Waals surface area contributed by atoms with Crippen LogP contribution in [0.1, 0.15) is 117 Å². The molecule has 3 amide bonds. The molecule has 79 heavy (non-hydrogen) atoms. The number of aliphatic hydroxyl groups excluding tert-OH is 1. The number of likely N-dealkylation sites (tertiary alicyclic amines) is 1. The van der Waals surface area contributed by atoms with Gasteiger partial charge in [0.05, 0.1) is 47.8 Å². The van der Waals surface area contributed by atoms with Crippen LogP contribution < -0.4 is 31.4 Å². The normalized spacial score (nSPS) is 29.8. The highest BCUT2D eigenvalue weighted by Crippen LogP contribution is 2.52. The minimum absolute atomic E-state index is 0.0590. The Morgan fingerprint density at radius 1 is 0.949 bits per heavy atom. The van der Waals surface area contributed by atoms with Crippen LogP contribution in [0.3, 0.4) is 0 Å². The van der Waals surface area contributed by atoms with Gasteiger partial charge in [-0.05, 0) is 87.1 Å². The lowest BCUT2D eigenvalue weighted by Gasteiger charge is -2.54. The van der Waals surface area contributed by atoms with Crippen molar-refractivity contribution in [2.24, 2.45) is 51.4 Å². The number of allylic oxidation sites excluding steroid dienone is 2. The third kappa shape index (κ3) is 11.1. The van der Waals surface area contributed by atoms with Crippen LogP contribution in [0.2, 0.25) is 0 Å². The van der Waals surface area contributed by atoms with Gasteiger partial charge >= 0.3 is 11.8 Å². The van der Waals surface area contributed by atoms with Gasteiger partial charge in [-0.2, -0.15) is 0 Å². The zero-order valence-corrected chi connectivity index (χ0v) is 48.0. The molecule has 0 aromatic heterocycles. The van der Waals surface area contributed by atoms with E-state index in [0.29, 0.717) is 49.6 Å². The van der Waals surface area contributed by atoms with Gasteiger partial charge in [-0.3, -0.25) is 24.2 Å². The molecule has 11 atom stereocenters. The number of urea groups is 1. The van der Waals surface area contributed by atoms with Gasteiger partial charge in [-0.1, -0.05) is 79.7 Å². The van der Waals surface area contributed by atoms with E-state index in [1.807, 2.05) is 53.7 Å². The number of aromatic hydroxyl groups is 2. The number of hydrogen-bond donors (Lipinski definition) is 6. The quantitative estimate of drug-likeness (QED) is 0.100. The predicted octanol–water partition coefficient (Wildman–Crippen LogP) is 7.78. The topological polar surface area (TPSA) is 247 Å². The average molecular weight is 1090 g/mol. The molecule has 0 radical (unpaired) electrons. The Balaban J connectivity index is 1.19. The third-order valence-electron chi connectivity index (χ3n) is 17.7. The van der Waals surface area contributed by atoms with E-state index >= 15 is 0 Å². The largest absolute Gasteiger partial charge is 0.507 e. The van der Waals surface area contributed by atoms with Crippen molar-refractivity contribution in [2.45, 2.75) is 144 Å². The highest BCUT2D eigenvalue weighted by atomic mass is 16.7. The van der Waals surface area contributed by atoms with E-state index in [0.717, 1.165) is 18.5 Å². The zero-order valence-electron chi connectivity index (χ0n) is 48.0. The van der Waals surface area contributed by atoms with Crippen LogP contribution in [-0.4, -0.2) is 118 Å². The van der Waals surface area contributed by atoms with Crippen molar-refractivity contribution in [3.63, 3.8) is 0 Å². The maximum atomic E-state index is 14.9. The molecule has 2 saturated heterocycles. The second-order valence-electron chi connectivity index (χ2n) is 23.4. The van der Waals surface area contributed by atoms with Crippen molar-refractivity contribution in [3.8, 4) is 17.2 Å². The summed E-state index contributed by atoms with van der Waals surface area (Å²) in [5.41, 5.74) is -0.428. The van der Waals surface area contributed by atoms with E-state index in [1.54, 1.807) is 45.2 Å². The van der Waals surface area contributed by atoms with E-state index in [-0.39, 0.29) is 79.1 Å². The second-order valence-corrected chi connectivity index (χ2v) is 23.4. The molecule has 1 spiro atoms. The number of hydrogen-bond acceptors (Lipinski definition) is 15. The van der Waals surface area contributed by atoms with Crippen LogP contribution in [-0.2, 0) is 35.0 Å². The van der Waals surface area contributed by atoms with Crippen molar-refractivity contribution >= 4 is 51.4 Å². The summed E-state index contributed by atoms with van der Waals surface area (Å²) in [4.78, 5) is 81.1. The number of anilines is 2. The van der Waals surface area contributed by atoms with Crippen LogP contribution in [0.5, 0.6) is 17.2 Å². The highest BCUT2D eigenvalue weighted by molar-refractivity contribution is 6.21. The summed E-state index contributed by atoms with van der Waals surface area (Å²) < 4.78 is 25.2. The van der Waals surface area contributed by atoms with Gasteiger partial charge in [0.15, 0.2) is 17.1 Å². The maximum absolute atomic E-state index is 14.9. The van der Waals surface area contributed by atoms with Gasteiger partial charge < -0.3 is 55.1 Å². The van der Waals surface area contributed by atoms with Crippen LogP contribution in [0.15, 0.2) is 70.4 Å². The summed E-state index contributed by atoms with van der Waals surface area (Å²) in [6, 6.07) is 6.55. The van der Waals surface area contributed by atoms with E-state index < -0.39 is 83.0 Å². The number of ketones is 3. The van der Waals surface area contributed by atoms with Crippen molar-refractivity contribution < 1.29 is 58.2 Å². The summed E-state index contributed by atoms with van der Waals surface area (Å²) >= 11 is 0. The molecule has 426 valence electrons. The number of amides is 3. The number of phenols is 2. The first-order chi connectivity index (χ1) is 37.3. The van der Waals surface area contributed by atoms with Crippen molar-refractivity contribution in [3.05, 3.63) is 87.8 Å². The van der Waals surface area contributed by atoms with E-state index in [1.165, 1.54) is 32.3 Å². The molecule has 8 aliphatic heterocycles. The number of methoxy groups -OCH3 is 1. The minimum atomic E-state index is -1.92. The lowest BCUT2D eigenvalue weighted by atomic mass is 9.67. The van der Waals surface area contributed by atoms with Gasteiger partial charge in [0.25, 0.3) is 11.7 Å². The van der Waals surface area contributed by atoms with Crippen LogP contribution in [0.25, 0.3) is 10.8 Å². The molecular weight excluding hydrogens is 1010 g/mol. The monoisotopic (exact) mass is 1090 g/mol. The van der Waals surface area contributed by atoms with Crippen molar-refractivity contribution in [2.75, 3.05) is 43.9 Å². The minimum Gasteiger partial charge on any atom is -0.507 e. The standard InChI is InChI=1S/C61H80N6O12/c1-14-41(39(11)68)28-40-17-19-42(20-18-40)63-58(75)62-29-44(69)61-22-15-16-32(4)57(74)64-50-49-48(65-60(66-49)23-25-67(26-24-60)30-31(2)3)45-46(53(50)72)52(71)37(9)55-47(45)56(73)59(12,78-55)77-27-21-43(76-13)34(6)33(5)35(7)51(70)36(8)54(79-61)38(61)10/h15-22,27,31,33-36,38,41,43,51,54,65,70-72H,14,23-26,28-30H2,1-13H3,(H2,62,63,75)/b22-15?,27-21?,32-16-,64-50?. The second kappa shape index (κ2) is 22.9. The first-order valence-electron chi connectivity index (χ1n) is 27.9. The molecule has 7 bridgehead atoms. The number of piperidine rings is 1. The Morgan fingerprint density at radius 3 is 2.25 bits per heavy atom. The summed E-state index contributed by atoms with van der Waals surface area (Å²) in [6.45, 7) is 24.0. The number of aliphatic hydroxyl groups is 1. The molecule has 0 saturated carbocycles. The van der Waals surface area contributed by atoms with Crippen LogP contribution >= 0.6 is 0 Å². The number of rotatable bonds is 11. The number of ether oxygens (including phenoxy) is 4. The fourth-order valence-electron chi connectivity index (χ4n) is 12.3. The van der Waals surface area contributed by atoms with Gasteiger partial charge in [0.1, 0.15) is 33.7 Å². The van der Waals surface area contributed by atoms with Gasteiger partial charge in [0, 0.05) is 86.5 Å². The average Bonchev–Trinajstić information content (AvgIpc) is 4.18. The Morgan fingerprint density at radius 2 is 1.63 bits per heavy atom. The fraction of sp³-hybridized carbons (Fsp3) is 0.557. The van der Waals surface area contributed by atoms with Crippen molar-refractivity contribution in [1.29, 1.82) is 0 Å². The molecule has 18 nitrogen and oxygen atoms in total. The number of Topliss-reactive ketones (excluding diaryl/α,β-unsaturated/α-hetero) is 3. The smallest absolute Gasteiger partial charge is 0.319 e. The molecule has 3 aromatic rings. The van der Waals surface area contributed by atoms with Gasteiger partial charge in [-0.25, -0.2) is 9.79 Å². The molecule has 6 N–H and O–H groups in total. The van der Waals surface area contributed by atoms with E-state index in [4.69, 9.17) is 23.9 Å². The molecule has 18 heteroatoms. The van der Waals surface area contributed by atoms with Crippen LogP contribution in [0, 0.1) is 48.3 Å². The molecule has 11 unspecified atom stereocenters. The Labute approximate surface area is 462 Å². The van der Waals surface area contributed by atoms with Crippen molar-refractivity contribution in [1.82, 2.24) is 10.2 Å². The molecular formula is C61H80N6O12. The number of nitrogens with one attached hydrogen (secondary N) is 3. The number of carbonyl (C=O) groups excluding carboxylic acids is 5. The molecule has 2 fully saturated rings. The summed E-state index contributed by atoms with van der Waals surface area (Å²) in [6.07, 6.45) is 7.95. The number of carbonyl (C=O) groups is 5. The zero-order chi connectivity index (χ0) is 57.6. The molecule has 3 aromatic carbocycles.